The summed E-state index contributed by atoms with van der Waals surface area (Å²) >= 11 is 1.34. The van der Waals surface area contributed by atoms with Crippen LogP contribution in [0.25, 0.3) is 10.2 Å². The van der Waals surface area contributed by atoms with Gasteiger partial charge in [0.15, 0.2) is 11.5 Å². The van der Waals surface area contributed by atoms with Crippen molar-refractivity contribution in [2.75, 3.05) is 24.8 Å². The van der Waals surface area contributed by atoms with Gasteiger partial charge in [0.1, 0.15) is 11.2 Å². The molecule has 152 valence electrons. The Hall–Kier alpha value is -3.07. The molecule has 9 heteroatoms. The highest BCUT2D eigenvalue weighted by Crippen LogP contribution is 2.32. The van der Waals surface area contributed by atoms with E-state index >= 15 is 0 Å². The molecule has 0 saturated carbocycles. The number of hydrogen-bond acceptors (Lipinski definition) is 7. The lowest BCUT2D eigenvalue weighted by atomic mass is 10.2. The normalized spacial score (nSPS) is 12.3. The lowest BCUT2D eigenvalue weighted by molar-refractivity contribution is -0.121. The van der Waals surface area contributed by atoms with Gasteiger partial charge in [0.2, 0.25) is 18.6 Å². The molecule has 4 rings (SSSR count). The molecule has 0 unspecified atom stereocenters. The van der Waals surface area contributed by atoms with Crippen molar-refractivity contribution in [1.29, 1.82) is 0 Å². The summed E-state index contributed by atoms with van der Waals surface area (Å²) in [5.41, 5.74) is 1.37. The molecule has 3 heterocycles. The van der Waals surface area contributed by atoms with E-state index in [1.54, 1.807) is 0 Å². The molecular formula is C20H22N4O4S. The second-order valence-electron chi connectivity index (χ2n) is 6.57. The molecule has 0 spiro atoms. The fourth-order valence-electron chi connectivity index (χ4n) is 3.27. The zero-order chi connectivity index (χ0) is 20.4. The predicted molar refractivity (Wildman–Crippen MR) is 112 cm³/mol. The van der Waals surface area contributed by atoms with Crippen LogP contribution in [0.2, 0.25) is 0 Å². The summed E-state index contributed by atoms with van der Waals surface area (Å²) in [7, 11) is 0. The second-order valence-corrected chi connectivity index (χ2v) is 7.49. The van der Waals surface area contributed by atoms with Gasteiger partial charge in [-0.3, -0.25) is 14.2 Å². The van der Waals surface area contributed by atoms with Crippen LogP contribution in [0.3, 0.4) is 0 Å². The van der Waals surface area contributed by atoms with Crippen LogP contribution in [0.4, 0.5) is 5.95 Å². The van der Waals surface area contributed by atoms with Gasteiger partial charge in [0, 0.05) is 19.6 Å². The van der Waals surface area contributed by atoms with E-state index in [4.69, 9.17) is 9.47 Å². The van der Waals surface area contributed by atoms with Crippen molar-refractivity contribution >= 4 is 33.4 Å². The number of nitrogens with one attached hydrogen (secondary N) is 1. The highest BCUT2D eigenvalue weighted by Gasteiger charge is 2.18. The number of amides is 1. The largest absolute Gasteiger partial charge is 0.454 e. The minimum atomic E-state index is -0.254. The summed E-state index contributed by atoms with van der Waals surface area (Å²) < 4.78 is 12.7. The second kappa shape index (κ2) is 8.12. The maximum absolute atomic E-state index is 13.0. The van der Waals surface area contributed by atoms with Crippen LogP contribution in [0.15, 0.2) is 34.4 Å². The molecule has 1 N–H and O–H groups in total. The van der Waals surface area contributed by atoms with E-state index in [0.717, 1.165) is 5.56 Å². The molecular weight excluding hydrogens is 392 g/mol. The van der Waals surface area contributed by atoms with Crippen molar-refractivity contribution in [2.45, 2.75) is 26.9 Å². The van der Waals surface area contributed by atoms with Gasteiger partial charge < -0.3 is 19.7 Å². The molecule has 8 nitrogen and oxygen atoms in total. The molecule has 1 amide bonds. The number of anilines is 1. The number of ether oxygens (including phenoxy) is 2. The monoisotopic (exact) mass is 414 g/mol. The molecule has 0 fully saturated rings. The van der Waals surface area contributed by atoms with Gasteiger partial charge in [-0.1, -0.05) is 6.07 Å². The molecule has 0 atom stereocenters. The van der Waals surface area contributed by atoms with Gasteiger partial charge in [-0.25, -0.2) is 4.98 Å². The highest BCUT2D eigenvalue weighted by molar-refractivity contribution is 7.17. The van der Waals surface area contributed by atoms with Crippen LogP contribution >= 0.6 is 11.3 Å². The average molecular weight is 414 g/mol. The Balaban J connectivity index is 1.54. The van der Waals surface area contributed by atoms with Crippen LogP contribution in [0.5, 0.6) is 11.5 Å². The van der Waals surface area contributed by atoms with Gasteiger partial charge in [0.25, 0.3) is 5.56 Å². The number of aromatic nitrogens is 2. The zero-order valence-corrected chi connectivity index (χ0v) is 17.1. The summed E-state index contributed by atoms with van der Waals surface area (Å²) in [6.45, 7) is 5.83. The molecule has 0 bridgehead atoms. The first kappa shape index (κ1) is 19.3. The quantitative estimate of drug-likeness (QED) is 0.639. The Bertz CT molecular complexity index is 1100. The molecule has 0 saturated heterocycles. The molecule has 29 heavy (non-hydrogen) atoms. The van der Waals surface area contributed by atoms with E-state index in [9.17, 15) is 9.59 Å². The SMILES string of the molecule is CCN(CC)c1nc2ccsc2c(=O)n1CC(=O)NCc1ccc2c(c1)OCO2. The van der Waals surface area contributed by atoms with Crippen LogP contribution < -0.4 is 25.2 Å². The Morgan fingerprint density at radius 2 is 2.03 bits per heavy atom. The summed E-state index contributed by atoms with van der Waals surface area (Å²) in [5.74, 6) is 1.63. The van der Waals surface area contributed by atoms with Gasteiger partial charge in [0.05, 0.1) is 5.52 Å². The van der Waals surface area contributed by atoms with E-state index in [0.29, 0.717) is 47.3 Å². The number of nitrogens with zero attached hydrogens (tertiary/aromatic N) is 3. The topological polar surface area (TPSA) is 85.7 Å². The Labute approximate surface area is 171 Å². The fraction of sp³-hybridized carbons (Fsp3) is 0.350. The third kappa shape index (κ3) is 3.77. The van der Waals surface area contributed by atoms with Crippen LogP contribution in [0, 0.1) is 0 Å². The first-order valence-corrected chi connectivity index (χ1v) is 10.4. The van der Waals surface area contributed by atoms with Crippen molar-refractivity contribution in [3.63, 3.8) is 0 Å². The number of rotatable bonds is 7. The van der Waals surface area contributed by atoms with E-state index in [2.05, 4.69) is 10.3 Å². The smallest absolute Gasteiger partial charge is 0.273 e. The summed E-state index contributed by atoms with van der Waals surface area (Å²) in [6, 6.07) is 7.37. The summed E-state index contributed by atoms with van der Waals surface area (Å²) in [6.07, 6.45) is 0. The highest BCUT2D eigenvalue weighted by atomic mass is 32.1. The molecule has 1 aliphatic heterocycles. The minimum absolute atomic E-state index is 0.0872. The number of hydrogen-bond donors (Lipinski definition) is 1. The number of benzene rings is 1. The van der Waals surface area contributed by atoms with Crippen LogP contribution in [-0.2, 0) is 17.9 Å². The number of fused-ring (bicyclic) bond motifs is 2. The van der Waals surface area contributed by atoms with Crippen molar-refractivity contribution in [1.82, 2.24) is 14.9 Å². The van der Waals surface area contributed by atoms with E-state index < -0.39 is 0 Å². The summed E-state index contributed by atoms with van der Waals surface area (Å²) in [5, 5.41) is 4.71. The van der Waals surface area contributed by atoms with Crippen molar-refractivity contribution in [3.8, 4) is 11.5 Å². The fourth-order valence-corrected chi connectivity index (χ4v) is 4.05. The molecule has 0 aliphatic carbocycles. The van der Waals surface area contributed by atoms with E-state index in [1.807, 2.05) is 48.4 Å². The number of thiophene rings is 1. The predicted octanol–water partition coefficient (Wildman–Crippen LogP) is 2.35. The third-order valence-electron chi connectivity index (χ3n) is 4.82. The van der Waals surface area contributed by atoms with Crippen LogP contribution in [-0.4, -0.2) is 35.3 Å². The minimum Gasteiger partial charge on any atom is -0.454 e. The first-order chi connectivity index (χ1) is 14.1. The van der Waals surface area contributed by atoms with E-state index in [1.165, 1.54) is 15.9 Å². The first-order valence-electron chi connectivity index (χ1n) is 9.49. The number of carbonyl (C=O) groups is 1. The Kier molecular flexibility index (Phi) is 5.39. The van der Waals surface area contributed by atoms with Crippen LogP contribution in [0.1, 0.15) is 19.4 Å². The lowest BCUT2D eigenvalue weighted by Gasteiger charge is -2.23. The maximum Gasteiger partial charge on any atom is 0.273 e. The van der Waals surface area contributed by atoms with E-state index in [-0.39, 0.29) is 24.8 Å². The van der Waals surface area contributed by atoms with Gasteiger partial charge in [-0.2, -0.15) is 0 Å². The zero-order valence-electron chi connectivity index (χ0n) is 16.3. The van der Waals surface area contributed by atoms with Gasteiger partial charge >= 0.3 is 0 Å². The molecule has 3 aromatic rings. The van der Waals surface area contributed by atoms with Gasteiger partial charge in [-0.15, -0.1) is 11.3 Å². The average Bonchev–Trinajstić information content (AvgIpc) is 3.38. The third-order valence-corrected chi connectivity index (χ3v) is 5.71. The van der Waals surface area contributed by atoms with Crippen molar-refractivity contribution in [3.05, 3.63) is 45.6 Å². The Morgan fingerprint density at radius 1 is 1.24 bits per heavy atom. The molecule has 2 aromatic heterocycles. The Morgan fingerprint density at radius 3 is 2.83 bits per heavy atom. The number of carbonyl (C=O) groups excluding carboxylic acids is 1. The molecule has 1 aliphatic rings. The molecule has 0 radical (unpaired) electrons. The van der Waals surface area contributed by atoms with Crippen molar-refractivity contribution in [2.24, 2.45) is 0 Å². The molecule has 1 aromatic carbocycles. The maximum atomic E-state index is 13.0. The van der Waals surface area contributed by atoms with Crippen molar-refractivity contribution < 1.29 is 14.3 Å². The summed E-state index contributed by atoms with van der Waals surface area (Å²) in [4.78, 5) is 32.2. The standard InChI is InChI=1S/C20H22N4O4S/c1-3-23(4-2)20-22-14-7-8-29-18(14)19(26)24(20)11-17(25)21-10-13-5-6-15-16(9-13)28-12-27-15/h5-9H,3-4,10-12H2,1-2H3,(H,21,25). The lowest BCUT2D eigenvalue weighted by Crippen LogP contribution is -2.37. The van der Waals surface area contributed by atoms with Gasteiger partial charge in [-0.05, 0) is 43.0 Å².